The zero-order chi connectivity index (χ0) is 11.7. The van der Waals surface area contributed by atoms with E-state index in [1.165, 1.54) is 0 Å². The first-order valence-electron chi connectivity index (χ1n) is 5.54. The van der Waals surface area contributed by atoms with Crippen LogP contribution >= 0.6 is 0 Å². The van der Waals surface area contributed by atoms with E-state index in [0.717, 1.165) is 25.5 Å². The van der Waals surface area contributed by atoms with Crippen LogP contribution in [0.2, 0.25) is 0 Å². The van der Waals surface area contributed by atoms with E-state index >= 15 is 0 Å². The minimum Gasteiger partial charge on any atom is -0.450 e. The molecule has 0 radical (unpaired) electrons. The normalized spacial score (nSPS) is 14.1. The molecule has 0 aromatic rings. The van der Waals surface area contributed by atoms with Crippen molar-refractivity contribution >= 4 is 12.4 Å². The van der Waals surface area contributed by atoms with Crippen LogP contribution in [-0.4, -0.2) is 25.0 Å². The molecule has 1 N–H and O–H groups in total. The number of hydrogen-bond donors (Lipinski definition) is 1. The number of rotatable bonds is 7. The Hall–Kier alpha value is -1.06. The molecule has 0 spiro atoms. The SMILES string of the molecule is CCCCOC(=O)NC(C=O)C(C)CC. The fourth-order valence-electron chi connectivity index (χ4n) is 1.05. The van der Waals surface area contributed by atoms with Crippen molar-refractivity contribution in [3.8, 4) is 0 Å². The van der Waals surface area contributed by atoms with Crippen molar-refractivity contribution in [2.45, 2.75) is 46.1 Å². The summed E-state index contributed by atoms with van der Waals surface area (Å²) in [5.74, 6) is 0.140. The predicted octanol–water partition coefficient (Wildman–Crippen LogP) is 2.13. The summed E-state index contributed by atoms with van der Waals surface area (Å²) in [7, 11) is 0. The maximum Gasteiger partial charge on any atom is 0.407 e. The van der Waals surface area contributed by atoms with Gasteiger partial charge in [0.2, 0.25) is 0 Å². The van der Waals surface area contributed by atoms with Gasteiger partial charge in [-0.25, -0.2) is 4.79 Å². The lowest BCUT2D eigenvalue weighted by Gasteiger charge is -2.18. The van der Waals surface area contributed by atoms with Gasteiger partial charge in [0, 0.05) is 0 Å². The molecule has 0 aliphatic carbocycles. The molecule has 88 valence electrons. The van der Waals surface area contributed by atoms with Gasteiger partial charge in [-0.2, -0.15) is 0 Å². The van der Waals surface area contributed by atoms with E-state index < -0.39 is 12.1 Å². The molecule has 0 rings (SSSR count). The van der Waals surface area contributed by atoms with Gasteiger partial charge in [-0.15, -0.1) is 0 Å². The molecule has 0 aromatic heterocycles. The Morgan fingerprint density at radius 2 is 2.13 bits per heavy atom. The van der Waals surface area contributed by atoms with Crippen LogP contribution < -0.4 is 5.32 Å². The van der Waals surface area contributed by atoms with Crippen molar-refractivity contribution in [3.05, 3.63) is 0 Å². The third-order valence-electron chi connectivity index (χ3n) is 2.42. The monoisotopic (exact) mass is 215 g/mol. The maximum atomic E-state index is 11.2. The second-order valence-electron chi connectivity index (χ2n) is 3.68. The molecule has 0 saturated heterocycles. The number of nitrogens with one attached hydrogen (secondary N) is 1. The third-order valence-corrected chi connectivity index (χ3v) is 2.42. The third kappa shape index (κ3) is 6.10. The van der Waals surface area contributed by atoms with Gasteiger partial charge in [-0.05, 0) is 12.3 Å². The average Bonchev–Trinajstić information content (AvgIpc) is 2.25. The lowest BCUT2D eigenvalue weighted by molar-refractivity contribution is -0.110. The van der Waals surface area contributed by atoms with Gasteiger partial charge in [-0.1, -0.05) is 33.6 Å². The first-order valence-corrected chi connectivity index (χ1v) is 5.54. The van der Waals surface area contributed by atoms with Gasteiger partial charge in [0.05, 0.1) is 12.6 Å². The number of aldehydes is 1. The van der Waals surface area contributed by atoms with Crippen LogP contribution in [0.15, 0.2) is 0 Å². The van der Waals surface area contributed by atoms with E-state index in [4.69, 9.17) is 4.74 Å². The van der Waals surface area contributed by atoms with E-state index in [1.807, 2.05) is 20.8 Å². The largest absolute Gasteiger partial charge is 0.450 e. The molecule has 0 aliphatic heterocycles. The van der Waals surface area contributed by atoms with Crippen LogP contribution in [0.5, 0.6) is 0 Å². The summed E-state index contributed by atoms with van der Waals surface area (Å²) in [6.07, 6.45) is 2.94. The summed E-state index contributed by atoms with van der Waals surface area (Å²) >= 11 is 0. The first-order chi connectivity index (χ1) is 7.15. The van der Waals surface area contributed by atoms with Crippen molar-refractivity contribution in [2.75, 3.05) is 6.61 Å². The molecule has 0 fully saturated rings. The van der Waals surface area contributed by atoms with Crippen molar-refractivity contribution < 1.29 is 14.3 Å². The lowest BCUT2D eigenvalue weighted by Crippen LogP contribution is -2.40. The number of carbonyl (C=O) groups is 2. The van der Waals surface area contributed by atoms with Crippen LogP contribution in [0, 0.1) is 5.92 Å². The fraction of sp³-hybridized carbons (Fsp3) is 0.818. The smallest absolute Gasteiger partial charge is 0.407 e. The molecule has 2 unspecified atom stereocenters. The molecule has 0 heterocycles. The molecular weight excluding hydrogens is 194 g/mol. The van der Waals surface area contributed by atoms with E-state index in [-0.39, 0.29) is 5.92 Å². The summed E-state index contributed by atoms with van der Waals surface area (Å²) in [5, 5.41) is 2.55. The molecule has 1 amide bonds. The van der Waals surface area contributed by atoms with Crippen molar-refractivity contribution in [2.24, 2.45) is 5.92 Å². The van der Waals surface area contributed by atoms with Crippen LogP contribution in [0.25, 0.3) is 0 Å². The maximum absolute atomic E-state index is 11.2. The van der Waals surface area contributed by atoms with Crippen LogP contribution in [-0.2, 0) is 9.53 Å². The molecular formula is C11H21NO3. The Morgan fingerprint density at radius 3 is 2.60 bits per heavy atom. The summed E-state index contributed by atoms with van der Waals surface area (Å²) < 4.78 is 4.90. The zero-order valence-electron chi connectivity index (χ0n) is 9.79. The molecule has 0 aromatic carbocycles. The van der Waals surface area contributed by atoms with Gasteiger partial charge in [0.25, 0.3) is 0 Å². The van der Waals surface area contributed by atoms with E-state index in [2.05, 4.69) is 5.32 Å². The highest BCUT2D eigenvalue weighted by atomic mass is 16.5. The molecule has 4 heteroatoms. The highest BCUT2D eigenvalue weighted by Crippen LogP contribution is 2.05. The Kier molecular flexibility index (Phi) is 7.68. The standard InChI is InChI=1S/C11H21NO3/c1-4-6-7-15-11(14)12-10(8-13)9(3)5-2/h8-10H,4-7H2,1-3H3,(H,12,14). The number of unbranched alkanes of at least 4 members (excludes halogenated alkanes) is 1. The van der Waals surface area contributed by atoms with Crippen molar-refractivity contribution in [3.63, 3.8) is 0 Å². The average molecular weight is 215 g/mol. The minimum absolute atomic E-state index is 0.140. The summed E-state index contributed by atoms with van der Waals surface area (Å²) in [6, 6.07) is -0.441. The van der Waals surface area contributed by atoms with Gasteiger partial charge in [-0.3, -0.25) is 0 Å². The summed E-state index contributed by atoms with van der Waals surface area (Å²) in [6.45, 7) is 6.33. The number of ether oxygens (including phenoxy) is 1. The Morgan fingerprint density at radius 1 is 1.47 bits per heavy atom. The van der Waals surface area contributed by atoms with Gasteiger partial charge in [0.15, 0.2) is 0 Å². The second-order valence-corrected chi connectivity index (χ2v) is 3.68. The van der Waals surface area contributed by atoms with E-state index in [0.29, 0.717) is 6.61 Å². The molecule has 2 atom stereocenters. The van der Waals surface area contributed by atoms with Crippen LogP contribution in [0.3, 0.4) is 0 Å². The van der Waals surface area contributed by atoms with Crippen molar-refractivity contribution in [1.29, 1.82) is 0 Å². The van der Waals surface area contributed by atoms with E-state index in [1.54, 1.807) is 0 Å². The van der Waals surface area contributed by atoms with Crippen molar-refractivity contribution in [1.82, 2.24) is 5.32 Å². The summed E-state index contributed by atoms with van der Waals surface area (Å²) in [5.41, 5.74) is 0. The first kappa shape index (κ1) is 13.9. The Bertz CT molecular complexity index is 194. The Balaban J connectivity index is 3.85. The van der Waals surface area contributed by atoms with E-state index in [9.17, 15) is 9.59 Å². The quantitative estimate of drug-likeness (QED) is 0.523. The highest BCUT2D eigenvalue weighted by Gasteiger charge is 2.17. The topological polar surface area (TPSA) is 55.4 Å². The Labute approximate surface area is 91.4 Å². The zero-order valence-corrected chi connectivity index (χ0v) is 9.79. The number of alkyl carbamates (subject to hydrolysis) is 1. The summed E-state index contributed by atoms with van der Waals surface area (Å²) in [4.78, 5) is 21.9. The van der Waals surface area contributed by atoms with Crippen LogP contribution in [0.1, 0.15) is 40.0 Å². The molecule has 0 aliphatic rings. The lowest BCUT2D eigenvalue weighted by atomic mass is 10.0. The van der Waals surface area contributed by atoms with Crippen LogP contribution in [0.4, 0.5) is 4.79 Å². The molecule has 0 saturated carbocycles. The minimum atomic E-state index is -0.499. The molecule has 4 nitrogen and oxygen atoms in total. The molecule has 0 bridgehead atoms. The number of hydrogen-bond acceptors (Lipinski definition) is 3. The highest BCUT2D eigenvalue weighted by molar-refractivity contribution is 5.73. The second kappa shape index (κ2) is 8.26. The fourth-order valence-corrected chi connectivity index (χ4v) is 1.05. The van der Waals surface area contributed by atoms with Gasteiger partial charge >= 0.3 is 6.09 Å². The molecule has 15 heavy (non-hydrogen) atoms. The number of amides is 1. The number of carbonyl (C=O) groups excluding carboxylic acids is 2. The van der Waals surface area contributed by atoms with Gasteiger partial charge in [0.1, 0.15) is 6.29 Å². The predicted molar refractivity (Wildman–Crippen MR) is 58.7 cm³/mol. The van der Waals surface area contributed by atoms with Gasteiger partial charge < -0.3 is 14.8 Å².